The van der Waals surface area contributed by atoms with E-state index in [1.54, 1.807) is 38.1 Å². The standard InChI is InChI=1S/C21H22O7/c1-21(2,26)9-8-13-14(22)10-15(23)16-17(24)18(25)19(28-20(13)16)11-4-6-12(27-3)7-5-11/h4-7,10,22-23,25-26H,8-9H2,1-3H3. The monoisotopic (exact) mass is 386 g/mol. The van der Waals surface area contributed by atoms with E-state index in [2.05, 4.69) is 0 Å². The minimum absolute atomic E-state index is 0.0321. The Bertz CT molecular complexity index is 1070. The zero-order valence-corrected chi connectivity index (χ0v) is 15.8. The first kappa shape index (κ1) is 19.6. The molecule has 1 heterocycles. The van der Waals surface area contributed by atoms with Crippen LogP contribution < -0.4 is 10.2 Å². The molecule has 7 heteroatoms. The van der Waals surface area contributed by atoms with E-state index in [9.17, 15) is 25.2 Å². The van der Waals surface area contributed by atoms with Gasteiger partial charge in [0.05, 0.1) is 12.7 Å². The Morgan fingerprint density at radius 2 is 1.71 bits per heavy atom. The maximum Gasteiger partial charge on any atom is 0.238 e. The predicted octanol–water partition coefficient (Wildman–Crippen LogP) is 3.29. The molecular weight excluding hydrogens is 364 g/mol. The molecular formula is C21H22O7. The molecule has 7 nitrogen and oxygen atoms in total. The quantitative estimate of drug-likeness (QED) is 0.531. The summed E-state index contributed by atoms with van der Waals surface area (Å²) in [6, 6.07) is 7.55. The Morgan fingerprint density at radius 1 is 1.07 bits per heavy atom. The van der Waals surface area contributed by atoms with Crippen molar-refractivity contribution in [1.82, 2.24) is 0 Å². The van der Waals surface area contributed by atoms with Gasteiger partial charge in [-0.1, -0.05) is 0 Å². The van der Waals surface area contributed by atoms with Gasteiger partial charge in [-0.15, -0.1) is 0 Å². The highest BCUT2D eigenvalue weighted by molar-refractivity contribution is 5.91. The molecule has 148 valence electrons. The van der Waals surface area contributed by atoms with Gasteiger partial charge < -0.3 is 29.6 Å². The summed E-state index contributed by atoms with van der Waals surface area (Å²) in [5.74, 6) is -0.900. The molecule has 0 aliphatic rings. The van der Waals surface area contributed by atoms with Gasteiger partial charge in [-0.2, -0.15) is 0 Å². The zero-order valence-electron chi connectivity index (χ0n) is 15.8. The van der Waals surface area contributed by atoms with Crippen LogP contribution >= 0.6 is 0 Å². The van der Waals surface area contributed by atoms with Gasteiger partial charge in [-0.3, -0.25) is 4.79 Å². The number of aliphatic hydroxyl groups is 1. The van der Waals surface area contributed by atoms with E-state index in [-0.39, 0.29) is 40.9 Å². The van der Waals surface area contributed by atoms with Gasteiger partial charge in [0, 0.05) is 17.2 Å². The van der Waals surface area contributed by atoms with Crippen LogP contribution in [0.4, 0.5) is 0 Å². The van der Waals surface area contributed by atoms with Gasteiger partial charge in [0.15, 0.2) is 5.76 Å². The summed E-state index contributed by atoms with van der Waals surface area (Å²) in [6.07, 6.45) is 0.477. The molecule has 0 aliphatic heterocycles. The summed E-state index contributed by atoms with van der Waals surface area (Å²) in [5.41, 5.74) is -1.16. The number of rotatable bonds is 5. The van der Waals surface area contributed by atoms with Crippen LogP contribution in [-0.4, -0.2) is 33.1 Å². The highest BCUT2D eigenvalue weighted by Gasteiger charge is 2.24. The molecule has 28 heavy (non-hydrogen) atoms. The second kappa shape index (κ2) is 7.09. The summed E-state index contributed by atoms with van der Waals surface area (Å²) >= 11 is 0. The van der Waals surface area contributed by atoms with E-state index in [1.165, 1.54) is 7.11 Å². The Balaban J connectivity index is 2.27. The van der Waals surface area contributed by atoms with Gasteiger partial charge in [0.2, 0.25) is 11.2 Å². The molecule has 4 N–H and O–H groups in total. The maximum absolute atomic E-state index is 12.7. The molecule has 0 bridgehead atoms. The normalized spacial score (nSPS) is 11.7. The molecule has 0 atom stereocenters. The lowest BCUT2D eigenvalue weighted by atomic mass is 9.96. The molecule has 0 unspecified atom stereocenters. The van der Waals surface area contributed by atoms with Crippen molar-refractivity contribution in [2.45, 2.75) is 32.3 Å². The van der Waals surface area contributed by atoms with Crippen molar-refractivity contribution in [3.05, 3.63) is 46.1 Å². The van der Waals surface area contributed by atoms with Crippen LogP contribution in [0.3, 0.4) is 0 Å². The third-order valence-corrected chi connectivity index (χ3v) is 4.54. The second-order valence-corrected chi connectivity index (χ2v) is 7.25. The van der Waals surface area contributed by atoms with Crippen LogP contribution in [0, 0.1) is 0 Å². The fourth-order valence-corrected chi connectivity index (χ4v) is 2.99. The van der Waals surface area contributed by atoms with E-state index < -0.39 is 22.5 Å². The summed E-state index contributed by atoms with van der Waals surface area (Å²) in [6.45, 7) is 3.24. The average molecular weight is 386 g/mol. The number of hydrogen-bond donors (Lipinski definition) is 4. The lowest BCUT2D eigenvalue weighted by Crippen LogP contribution is -2.19. The number of benzene rings is 2. The summed E-state index contributed by atoms with van der Waals surface area (Å²) in [7, 11) is 1.52. The summed E-state index contributed by atoms with van der Waals surface area (Å²) < 4.78 is 10.9. The van der Waals surface area contributed by atoms with Crippen molar-refractivity contribution in [1.29, 1.82) is 0 Å². The van der Waals surface area contributed by atoms with E-state index in [4.69, 9.17) is 9.15 Å². The zero-order chi connectivity index (χ0) is 20.6. The van der Waals surface area contributed by atoms with Crippen molar-refractivity contribution in [2.24, 2.45) is 0 Å². The second-order valence-electron chi connectivity index (χ2n) is 7.25. The first-order valence-electron chi connectivity index (χ1n) is 8.72. The van der Waals surface area contributed by atoms with E-state index in [1.807, 2.05) is 0 Å². The van der Waals surface area contributed by atoms with Crippen LogP contribution in [0.25, 0.3) is 22.3 Å². The highest BCUT2D eigenvalue weighted by Crippen LogP contribution is 2.39. The van der Waals surface area contributed by atoms with Crippen molar-refractivity contribution in [3.8, 4) is 34.3 Å². The van der Waals surface area contributed by atoms with E-state index in [0.717, 1.165) is 6.07 Å². The van der Waals surface area contributed by atoms with Crippen molar-refractivity contribution < 1.29 is 29.6 Å². The van der Waals surface area contributed by atoms with Gasteiger partial charge in [-0.05, 0) is 51.0 Å². The lowest BCUT2D eigenvalue weighted by Gasteiger charge is -2.18. The van der Waals surface area contributed by atoms with Gasteiger partial charge >= 0.3 is 0 Å². The molecule has 1 aromatic heterocycles. The van der Waals surface area contributed by atoms with Crippen molar-refractivity contribution >= 4 is 11.0 Å². The highest BCUT2D eigenvalue weighted by atomic mass is 16.5. The molecule has 0 spiro atoms. The Kier molecular flexibility index (Phi) is 4.95. The smallest absolute Gasteiger partial charge is 0.238 e. The van der Waals surface area contributed by atoms with Gasteiger partial charge in [0.25, 0.3) is 0 Å². The molecule has 0 amide bonds. The maximum atomic E-state index is 12.7. The van der Waals surface area contributed by atoms with Gasteiger partial charge in [0.1, 0.15) is 28.2 Å². The number of phenolic OH excluding ortho intramolecular Hbond substituents is 2. The summed E-state index contributed by atoms with van der Waals surface area (Å²) in [5, 5.41) is 40.6. The Hall–Kier alpha value is -3.19. The average Bonchev–Trinajstić information content (AvgIpc) is 2.63. The largest absolute Gasteiger partial charge is 0.507 e. The van der Waals surface area contributed by atoms with Crippen LogP contribution in [0.5, 0.6) is 23.0 Å². The van der Waals surface area contributed by atoms with Crippen LogP contribution in [0.15, 0.2) is 39.5 Å². The van der Waals surface area contributed by atoms with Crippen LogP contribution in [-0.2, 0) is 6.42 Å². The number of ether oxygens (including phenoxy) is 1. The fraction of sp³-hybridized carbons (Fsp3) is 0.286. The fourth-order valence-electron chi connectivity index (χ4n) is 2.99. The molecule has 0 radical (unpaired) electrons. The lowest BCUT2D eigenvalue weighted by molar-refractivity contribution is 0.0713. The molecule has 0 fully saturated rings. The van der Waals surface area contributed by atoms with E-state index >= 15 is 0 Å². The number of phenols is 2. The molecule has 2 aromatic carbocycles. The number of fused-ring (bicyclic) bond motifs is 1. The van der Waals surface area contributed by atoms with E-state index in [0.29, 0.717) is 11.3 Å². The number of aryl methyl sites for hydroxylation is 1. The SMILES string of the molecule is COc1ccc(-c2oc3c(CCC(C)(C)O)c(O)cc(O)c3c(=O)c2O)cc1. The third-order valence-electron chi connectivity index (χ3n) is 4.54. The molecule has 0 aliphatic carbocycles. The first-order chi connectivity index (χ1) is 13.1. The van der Waals surface area contributed by atoms with Crippen LogP contribution in [0.1, 0.15) is 25.8 Å². The Morgan fingerprint density at radius 3 is 2.29 bits per heavy atom. The predicted molar refractivity (Wildman–Crippen MR) is 104 cm³/mol. The molecule has 3 rings (SSSR count). The molecule has 3 aromatic rings. The minimum atomic E-state index is -1.01. The first-order valence-corrected chi connectivity index (χ1v) is 8.72. The number of aromatic hydroxyl groups is 3. The Labute approximate surface area is 161 Å². The third kappa shape index (κ3) is 3.61. The summed E-state index contributed by atoms with van der Waals surface area (Å²) in [4.78, 5) is 12.7. The minimum Gasteiger partial charge on any atom is -0.507 e. The molecule has 0 saturated heterocycles. The van der Waals surface area contributed by atoms with Crippen molar-refractivity contribution in [2.75, 3.05) is 7.11 Å². The topological polar surface area (TPSA) is 120 Å². The molecule has 0 saturated carbocycles. The van der Waals surface area contributed by atoms with Crippen molar-refractivity contribution in [3.63, 3.8) is 0 Å². The number of hydrogen-bond acceptors (Lipinski definition) is 7. The van der Waals surface area contributed by atoms with Gasteiger partial charge in [-0.25, -0.2) is 0 Å². The van der Waals surface area contributed by atoms with Crippen LogP contribution in [0.2, 0.25) is 0 Å². The number of methoxy groups -OCH3 is 1.